The van der Waals surface area contributed by atoms with E-state index >= 15 is 0 Å². The van der Waals surface area contributed by atoms with Gasteiger partial charge >= 0.3 is 0 Å². The van der Waals surface area contributed by atoms with Gasteiger partial charge in [0.15, 0.2) is 0 Å². The molecule has 0 radical (unpaired) electrons. The Balaban J connectivity index is 1.54. The van der Waals surface area contributed by atoms with Crippen molar-refractivity contribution < 1.29 is 9.32 Å². The van der Waals surface area contributed by atoms with E-state index in [0.29, 0.717) is 12.8 Å². The van der Waals surface area contributed by atoms with Crippen molar-refractivity contribution >= 4 is 11.6 Å². The first-order valence-electron chi connectivity index (χ1n) is 8.43. The number of aryl methyl sites for hydroxylation is 4. The average Bonchev–Trinajstić information content (AvgIpc) is 3.07. The summed E-state index contributed by atoms with van der Waals surface area (Å²) >= 11 is 0. The van der Waals surface area contributed by atoms with Crippen molar-refractivity contribution in [2.24, 2.45) is 0 Å². The Morgan fingerprint density at radius 1 is 1.12 bits per heavy atom. The highest BCUT2D eigenvalue weighted by Gasteiger charge is 2.24. The molecule has 0 spiro atoms. The summed E-state index contributed by atoms with van der Waals surface area (Å²) in [7, 11) is 0. The molecule has 1 saturated heterocycles. The molecule has 7 nitrogen and oxygen atoms in total. The molecule has 3 heterocycles. The van der Waals surface area contributed by atoms with Crippen molar-refractivity contribution in [1.29, 1.82) is 0 Å². The summed E-state index contributed by atoms with van der Waals surface area (Å²) in [5.74, 6) is 1.02. The van der Waals surface area contributed by atoms with Gasteiger partial charge in [-0.25, -0.2) is 0 Å². The Kier molecular flexibility index (Phi) is 4.59. The lowest BCUT2D eigenvalue weighted by Crippen LogP contribution is -2.49. The first-order chi connectivity index (χ1) is 11.5. The summed E-state index contributed by atoms with van der Waals surface area (Å²) in [6.07, 6.45) is 1.20. The molecule has 0 saturated carbocycles. The van der Waals surface area contributed by atoms with Crippen LogP contribution in [0.4, 0.5) is 5.69 Å². The van der Waals surface area contributed by atoms with Crippen LogP contribution < -0.4 is 4.90 Å². The van der Waals surface area contributed by atoms with Crippen LogP contribution in [0.15, 0.2) is 4.52 Å². The smallest absolute Gasteiger partial charge is 0.223 e. The molecular weight excluding hydrogens is 306 g/mol. The van der Waals surface area contributed by atoms with E-state index in [1.165, 1.54) is 5.69 Å². The van der Waals surface area contributed by atoms with Crippen molar-refractivity contribution in [2.75, 3.05) is 31.1 Å². The fourth-order valence-electron chi connectivity index (χ4n) is 3.44. The highest BCUT2D eigenvalue weighted by Crippen LogP contribution is 2.23. The van der Waals surface area contributed by atoms with Gasteiger partial charge in [-0.1, -0.05) is 5.16 Å². The van der Waals surface area contributed by atoms with Crippen LogP contribution in [0.2, 0.25) is 0 Å². The fourth-order valence-corrected chi connectivity index (χ4v) is 3.44. The maximum Gasteiger partial charge on any atom is 0.223 e. The van der Waals surface area contributed by atoms with Gasteiger partial charge in [-0.05, 0) is 34.1 Å². The molecule has 3 rings (SSSR count). The van der Waals surface area contributed by atoms with E-state index in [1.54, 1.807) is 0 Å². The lowest BCUT2D eigenvalue weighted by molar-refractivity contribution is -0.131. The van der Waals surface area contributed by atoms with E-state index in [-0.39, 0.29) is 5.91 Å². The number of nitrogens with zero attached hydrogens (tertiary/aromatic N) is 4. The van der Waals surface area contributed by atoms with Crippen LogP contribution in [0.1, 0.15) is 34.8 Å². The third-order valence-electron chi connectivity index (χ3n) is 4.81. The maximum atomic E-state index is 12.5. The van der Waals surface area contributed by atoms with Gasteiger partial charge in [-0.3, -0.25) is 9.89 Å². The average molecular weight is 331 g/mol. The van der Waals surface area contributed by atoms with Crippen LogP contribution in [0, 0.1) is 27.7 Å². The predicted molar refractivity (Wildman–Crippen MR) is 91.2 cm³/mol. The zero-order valence-corrected chi connectivity index (χ0v) is 14.8. The number of rotatable bonds is 4. The van der Waals surface area contributed by atoms with Gasteiger partial charge in [0.05, 0.1) is 22.8 Å². The van der Waals surface area contributed by atoms with Crippen molar-refractivity contribution in [2.45, 2.75) is 40.5 Å². The van der Waals surface area contributed by atoms with E-state index in [1.807, 2.05) is 32.6 Å². The van der Waals surface area contributed by atoms with Gasteiger partial charge in [0.2, 0.25) is 5.91 Å². The number of carbonyl (C=O) groups is 1. The van der Waals surface area contributed by atoms with Crippen LogP contribution in [0.25, 0.3) is 0 Å². The number of piperazine rings is 1. The van der Waals surface area contributed by atoms with E-state index in [4.69, 9.17) is 4.52 Å². The van der Waals surface area contributed by atoms with Crippen LogP contribution >= 0.6 is 0 Å². The molecule has 1 amide bonds. The first-order valence-corrected chi connectivity index (χ1v) is 8.43. The van der Waals surface area contributed by atoms with E-state index < -0.39 is 0 Å². The van der Waals surface area contributed by atoms with Gasteiger partial charge in [0.25, 0.3) is 0 Å². The van der Waals surface area contributed by atoms with Gasteiger partial charge < -0.3 is 14.3 Å². The zero-order chi connectivity index (χ0) is 17.3. The number of anilines is 1. The number of hydrogen-bond donors (Lipinski definition) is 1. The molecule has 0 unspecified atom stereocenters. The Hall–Kier alpha value is -2.31. The third kappa shape index (κ3) is 3.16. The second-order valence-electron chi connectivity index (χ2n) is 6.45. The molecule has 1 aliphatic rings. The standard InChI is InChI=1S/C17H25N5O2/c1-11-15(14(4)24-20-11)5-6-16(23)21-7-9-22(10-8-21)17-12(2)18-19-13(17)3/h5-10H2,1-4H3,(H,18,19). The largest absolute Gasteiger partial charge is 0.365 e. The Bertz CT molecular complexity index is 686. The lowest BCUT2D eigenvalue weighted by Gasteiger charge is -2.36. The normalized spacial score (nSPS) is 15.2. The van der Waals surface area contributed by atoms with Crippen molar-refractivity contribution in [3.63, 3.8) is 0 Å². The van der Waals surface area contributed by atoms with Crippen LogP contribution in [-0.2, 0) is 11.2 Å². The molecule has 0 bridgehead atoms. The number of amides is 1. The minimum absolute atomic E-state index is 0.204. The number of aromatic nitrogens is 3. The van der Waals surface area contributed by atoms with Crippen molar-refractivity contribution in [1.82, 2.24) is 20.3 Å². The summed E-state index contributed by atoms with van der Waals surface area (Å²) in [5.41, 5.74) is 5.23. The Labute approximate surface area is 142 Å². The number of nitrogens with one attached hydrogen (secondary N) is 1. The third-order valence-corrected chi connectivity index (χ3v) is 4.81. The van der Waals surface area contributed by atoms with E-state index in [0.717, 1.165) is 54.6 Å². The van der Waals surface area contributed by atoms with Gasteiger partial charge in [-0.15, -0.1) is 0 Å². The van der Waals surface area contributed by atoms with Crippen LogP contribution in [-0.4, -0.2) is 52.3 Å². The summed E-state index contributed by atoms with van der Waals surface area (Å²) < 4.78 is 5.16. The second kappa shape index (κ2) is 6.67. The Morgan fingerprint density at radius 3 is 2.38 bits per heavy atom. The van der Waals surface area contributed by atoms with Crippen LogP contribution in [0.3, 0.4) is 0 Å². The molecular formula is C17H25N5O2. The molecule has 7 heteroatoms. The minimum atomic E-state index is 0.204. The maximum absolute atomic E-state index is 12.5. The Morgan fingerprint density at radius 2 is 1.83 bits per heavy atom. The first kappa shape index (κ1) is 16.5. The SMILES string of the molecule is Cc1noc(C)c1CCC(=O)N1CCN(c2c(C)n[nH]c2C)CC1. The summed E-state index contributed by atoms with van der Waals surface area (Å²) in [4.78, 5) is 16.8. The van der Waals surface area contributed by atoms with Gasteiger partial charge in [-0.2, -0.15) is 5.10 Å². The van der Waals surface area contributed by atoms with E-state index in [9.17, 15) is 4.79 Å². The zero-order valence-electron chi connectivity index (χ0n) is 14.8. The van der Waals surface area contributed by atoms with Gasteiger partial charge in [0.1, 0.15) is 5.76 Å². The molecule has 0 atom stereocenters. The van der Waals surface area contributed by atoms with E-state index in [2.05, 4.69) is 20.3 Å². The molecule has 1 aliphatic heterocycles. The molecule has 0 aliphatic carbocycles. The molecule has 2 aromatic heterocycles. The van der Waals surface area contributed by atoms with Gasteiger partial charge in [0, 0.05) is 38.2 Å². The number of H-pyrrole nitrogens is 1. The number of aromatic amines is 1. The summed E-state index contributed by atoms with van der Waals surface area (Å²) in [5, 5.41) is 11.2. The fraction of sp³-hybridized carbons (Fsp3) is 0.588. The van der Waals surface area contributed by atoms with Crippen molar-refractivity contribution in [3.8, 4) is 0 Å². The second-order valence-corrected chi connectivity index (χ2v) is 6.45. The van der Waals surface area contributed by atoms with Crippen LogP contribution in [0.5, 0.6) is 0 Å². The minimum Gasteiger partial charge on any atom is -0.365 e. The number of hydrogen-bond acceptors (Lipinski definition) is 5. The molecule has 2 aromatic rings. The summed E-state index contributed by atoms with van der Waals surface area (Å²) in [6.45, 7) is 11.1. The molecule has 0 aromatic carbocycles. The monoisotopic (exact) mass is 331 g/mol. The highest BCUT2D eigenvalue weighted by atomic mass is 16.5. The lowest BCUT2D eigenvalue weighted by atomic mass is 10.1. The topological polar surface area (TPSA) is 78.3 Å². The molecule has 24 heavy (non-hydrogen) atoms. The predicted octanol–water partition coefficient (Wildman–Crippen LogP) is 1.91. The van der Waals surface area contributed by atoms with Crippen molar-refractivity contribution in [3.05, 3.63) is 28.4 Å². The summed E-state index contributed by atoms with van der Waals surface area (Å²) in [6, 6.07) is 0. The molecule has 1 N–H and O–H groups in total. The molecule has 1 fully saturated rings. The number of carbonyl (C=O) groups excluding carboxylic acids is 1. The molecule has 130 valence electrons. The highest BCUT2D eigenvalue weighted by molar-refractivity contribution is 5.77. The quantitative estimate of drug-likeness (QED) is 0.926.